The summed E-state index contributed by atoms with van der Waals surface area (Å²) in [5, 5.41) is 13.7. The number of fused-ring (bicyclic) bond motifs is 1. The molecule has 2 heterocycles. The Bertz CT molecular complexity index is 953. The summed E-state index contributed by atoms with van der Waals surface area (Å²) in [6.45, 7) is 0. The summed E-state index contributed by atoms with van der Waals surface area (Å²) in [5.41, 5.74) is -1.10. The third kappa shape index (κ3) is 1.74. The second-order valence-electron chi connectivity index (χ2n) is 7.58. The Hall–Kier alpha value is -2.51. The first-order valence-electron chi connectivity index (χ1n) is 8.24. The fourth-order valence-corrected chi connectivity index (χ4v) is 4.88. The number of hydrogen-bond acceptors (Lipinski definition) is 3. The van der Waals surface area contributed by atoms with Gasteiger partial charge in [0.1, 0.15) is 17.5 Å². The standard InChI is InChI=1S/C17H15F2N3O3/c18-10-3-9(4-11(19)5-10)12-1-2-13-20-22(15(25)21(12)13)17-6-16(7-17,8-17)14(23)24/h3-5,12H,1-2,6-8H2,(H,23,24). The second kappa shape index (κ2) is 4.36. The summed E-state index contributed by atoms with van der Waals surface area (Å²) in [4.78, 5) is 24.1. The molecule has 25 heavy (non-hydrogen) atoms. The van der Waals surface area contributed by atoms with E-state index in [0.717, 1.165) is 6.07 Å². The van der Waals surface area contributed by atoms with Crippen molar-refractivity contribution >= 4 is 5.97 Å². The average Bonchev–Trinajstić information content (AvgIpc) is 2.96. The number of aromatic nitrogens is 3. The average molecular weight is 347 g/mol. The van der Waals surface area contributed by atoms with Crippen LogP contribution in [0.15, 0.2) is 23.0 Å². The van der Waals surface area contributed by atoms with E-state index >= 15 is 0 Å². The first-order chi connectivity index (χ1) is 11.8. The van der Waals surface area contributed by atoms with Crippen molar-refractivity contribution in [3.8, 4) is 0 Å². The molecule has 0 amide bonds. The summed E-state index contributed by atoms with van der Waals surface area (Å²) < 4.78 is 30.0. The topological polar surface area (TPSA) is 77.1 Å². The van der Waals surface area contributed by atoms with Crippen molar-refractivity contribution in [1.29, 1.82) is 0 Å². The molecule has 1 atom stereocenters. The number of carboxylic acid groups (broad SMARTS) is 1. The number of aryl methyl sites for hydroxylation is 1. The molecule has 8 heteroatoms. The SMILES string of the molecule is O=C(O)C12CC(n3nc4n(c3=O)C(c3cc(F)cc(F)c3)CC4)(C1)C2. The van der Waals surface area contributed by atoms with Gasteiger partial charge in [0, 0.05) is 12.5 Å². The van der Waals surface area contributed by atoms with E-state index in [9.17, 15) is 23.5 Å². The Morgan fingerprint density at radius 1 is 1.20 bits per heavy atom. The number of aliphatic carboxylic acids is 1. The molecule has 0 radical (unpaired) electrons. The van der Waals surface area contributed by atoms with Crippen molar-refractivity contribution in [2.24, 2.45) is 5.41 Å². The van der Waals surface area contributed by atoms with Crippen molar-refractivity contribution in [2.45, 2.75) is 43.7 Å². The molecular formula is C17H15F2N3O3. The molecule has 3 aliphatic carbocycles. The lowest BCUT2D eigenvalue weighted by atomic mass is 9.39. The maximum atomic E-state index is 13.5. The van der Waals surface area contributed by atoms with Crippen LogP contribution in [0, 0.1) is 17.0 Å². The third-order valence-corrected chi connectivity index (χ3v) is 6.01. The van der Waals surface area contributed by atoms with E-state index < -0.39 is 34.6 Å². The Labute approximate surface area is 140 Å². The van der Waals surface area contributed by atoms with Gasteiger partial charge in [-0.05, 0) is 43.4 Å². The van der Waals surface area contributed by atoms with Gasteiger partial charge in [0.25, 0.3) is 0 Å². The van der Waals surface area contributed by atoms with E-state index in [1.807, 2.05) is 0 Å². The van der Waals surface area contributed by atoms with Gasteiger partial charge in [-0.2, -0.15) is 5.10 Å². The van der Waals surface area contributed by atoms with Crippen LogP contribution < -0.4 is 5.69 Å². The van der Waals surface area contributed by atoms with Crippen LogP contribution >= 0.6 is 0 Å². The number of halogens is 2. The minimum atomic E-state index is -0.817. The maximum Gasteiger partial charge on any atom is 0.347 e. The molecule has 1 aliphatic heterocycles. The van der Waals surface area contributed by atoms with Crippen LogP contribution in [-0.4, -0.2) is 25.4 Å². The quantitative estimate of drug-likeness (QED) is 0.919. The first kappa shape index (κ1) is 14.8. The first-order valence-corrected chi connectivity index (χ1v) is 8.24. The zero-order chi connectivity index (χ0) is 17.6. The zero-order valence-electron chi connectivity index (χ0n) is 13.2. The molecule has 1 N–H and O–H groups in total. The highest BCUT2D eigenvalue weighted by atomic mass is 19.1. The van der Waals surface area contributed by atoms with E-state index in [1.165, 1.54) is 21.4 Å². The van der Waals surface area contributed by atoms with Crippen LogP contribution in [0.25, 0.3) is 0 Å². The molecule has 1 aromatic heterocycles. The Morgan fingerprint density at radius 2 is 1.84 bits per heavy atom. The van der Waals surface area contributed by atoms with Crippen LogP contribution in [0.5, 0.6) is 0 Å². The van der Waals surface area contributed by atoms with Crippen molar-refractivity contribution in [2.75, 3.05) is 0 Å². The van der Waals surface area contributed by atoms with Crippen molar-refractivity contribution in [3.05, 3.63) is 51.7 Å². The minimum absolute atomic E-state index is 0.319. The minimum Gasteiger partial charge on any atom is -0.481 e. The van der Waals surface area contributed by atoms with E-state index in [-0.39, 0.29) is 5.69 Å². The molecular weight excluding hydrogens is 332 g/mol. The van der Waals surface area contributed by atoms with Crippen LogP contribution in [0.3, 0.4) is 0 Å². The number of carbonyl (C=O) groups is 1. The van der Waals surface area contributed by atoms with E-state index in [1.54, 1.807) is 0 Å². The monoisotopic (exact) mass is 347 g/mol. The Balaban J connectivity index is 1.53. The Morgan fingerprint density at radius 3 is 2.44 bits per heavy atom. The predicted octanol–water partition coefficient (Wildman–Crippen LogP) is 1.82. The molecule has 2 aromatic rings. The molecule has 4 aliphatic rings. The van der Waals surface area contributed by atoms with Crippen molar-refractivity contribution in [3.63, 3.8) is 0 Å². The number of carboxylic acids is 1. The number of nitrogens with zero attached hydrogens (tertiary/aromatic N) is 3. The Kier molecular flexibility index (Phi) is 2.58. The smallest absolute Gasteiger partial charge is 0.347 e. The van der Waals surface area contributed by atoms with Gasteiger partial charge in [-0.3, -0.25) is 9.36 Å². The van der Waals surface area contributed by atoms with Gasteiger partial charge in [-0.15, -0.1) is 0 Å². The van der Waals surface area contributed by atoms with Crippen LogP contribution in [0.4, 0.5) is 8.78 Å². The summed E-state index contributed by atoms with van der Waals surface area (Å²) >= 11 is 0. The van der Waals surface area contributed by atoms with Gasteiger partial charge in [-0.1, -0.05) is 0 Å². The largest absolute Gasteiger partial charge is 0.481 e. The summed E-state index contributed by atoms with van der Waals surface area (Å²) in [7, 11) is 0. The number of hydrogen-bond donors (Lipinski definition) is 1. The molecule has 1 unspecified atom stereocenters. The normalized spacial score (nSPS) is 32.0. The molecule has 6 rings (SSSR count). The number of benzene rings is 1. The lowest BCUT2D eigenvalue weighted by molar-refractivity contribution is -0.217. The third-order valence-electron chi connectivity index (χ3n) is 6.01. The molecule has 2 bridgehead atoms. The van der Waals surface area contributed by atoms with Gasteiger partial charge >= 0.3 is 11.7 Å². The fraction of sp³-hybridized carbons (Fsp3) is 0.471. The van der Waals surface area contributed by atoms with E-state index in [0.29, 0.717) is 43.5 Å². The molecule has 3 fully saturated rings. The summed E-state index contributed by atoms with van der Waals surface area (Å²) in [6, 6.07) is 2.85. The lowest BCUT2D eigenvalue weighted by Crippen LogP contribution is -2.72. The molecule has 6 nitrogen and oxygen atoms in total. The highest BCUT2D eigenvalue weighted by Crippen LogP contribution is 2.71. The van der Waals surface area contributed by atoms with Gasteiger partial charge in [0.05, 0.1) is 17.0 Å². The molecule has 3 saturated carbocycles. The van der Waals surface area contributed by atoms with Gasteiger partial charge in [-0.25, -0.2) is 18.3 Å². The van der Waals surface area contributed by atoms with Gasteiger partial charge < -0.3 is 5.11 Å². The second-order valence-corrected chi connectivity index (χ2v) is 7.58. The predicted molar refractivity (Wildman–Crippen MR) is 81.2 cm³/mol. The summed E-state index contributed by atoms with van der Waals surface area (Å²) in [5.74, 6) is -1.57. The van der Waals surface area contributed by atoms with Gasteiger partial charge in [0.15, 0.2) is 0 Å². The van der Waals surface area contributed by atoms with Crippen molar-refractivity contribution in [1.82, 2.24) is 14.3 Å². The van der Waals surface area contributed by atoms with Gasteiger partial charge in [0.2, 0.25) is 0 Å². The molecule has 130 valence electrons. The fourth-order valence-electron chi connectivity index (χ4n) is 4.88. The van der Waals surface area contributed by atoms with Crippen LogP contribution in [0.1, 0.15) is 43.1 Å². The van der Waals surface area contributed by atoms with Crippen LogP contribution in [-0.2, 0) is 16.8 Å². The van der Waals surface area contributed by atoms with Crippen LogP contribution in [0.2, 0.25) is 0 Å². The maximum absolute atomic E-state index is 13.5. The zero-order valence-corrected chi connectivity index (χ0v) is 13.2. The highest BCUT2D eigenvalue weighted by molar-refractivity contribution is 5.79. The lowest BCUT2D eigenvalue weighted by Gasteiger charge is -2.66. The van der Waals surface area contributed by atoms with E-state index in [2.05, 4.69) is 5.10 Å². The molecule has 1 aromatic carbocycles. The summed E-state index contributed by atoms with van der Waals surface area (Å²) in [6.07, 6.45) is 2.37. The van der Waals surface area contributed by atoms with Crippen molar-refractivity contribution < 1.29 is 18.7 Å². The number of rotatable bonds is 3. The molecule has 0 saturated heterocycles. The highest BCUT2D eigenvalue weighted by Gasteiger charge is 2.74. The molecule has 0 spiro atoms. The van der Waals surface area contributed by atoms with E-state index in [4.69, 9.17) is 0 Å².